The molecule has 13 rings (SSSR count). The number of hydrogen-bond acceptors (Lipinski definition) is 5. The molecule has 0 N–H and O–H groups in total. The van der Waals surface area contributed by atoms with Gasteiger partial charge < -0.3 is 13.3 Å². The van der Waals surface area contributed by atoms with Gasteiger partial charge in [-0.05, 0) is 86.3 Å². The van der Waals surface area contributed by atoms with Gasteiger partial charge >= 0.3 is 0 Å². The van der Waals surface area contributed by atoms with E-state index in [-0.39, 0.29) is 0 Å². The minimum absolute atomic E-state index is 0.637. The molecule has 0 fully saturated rings. The van der Waals surface area contributed by atoms with Crippen LogP contribution in [0.4, 0.5) is 0 Å². The predicted molar refractivity (Wildman–Crippen MR) is 232 cm³/mol. The van der Waals surface area contributed by atoms with Gasteiger partial charge in [-0.1, -0.05) is 127 Å². The van der Waals surface area contributed by atoms with E-state index in [9.17, 15) is 0 Å². The van der Waals surface area contributed by atoms with Gasteiger partial charge in [0.2, 0.25) is 0 Å². The summed E-state index contributed by atoms with van der Waals surface area (Å²) in [6.07, 6.45) is 0. The Balaban J connectivity index is 1.04. The average Bonchev–Trinajstić information content (AvgIpc) is 3.97. The van der Waals surface area contributed by atoms with Crippen LogP contribution in [0.25, 0.3) is 132 Å². The van der Waals surface area contributed by atoms with E-state index in [0.717, 1.165) is 88.7 Å². The van der Waals surface area contributed by atoms with Crippen molar-refractivity contribution in [2.45, 2.75) is 0 Å². The number of fused-ring (bicyclic) bond motifs is 9. The first kappa shape index (κ1) is 30.6. The minimum atomic E-state index is 0.637. The van der Waals surface area contributed by atoms with Crippen LogP contribution in [0.5, 0.6) is 0 Å². The van der Waals surface area contributed by atoms with Crippen molar-refractivity contribution in [1.29, 1.82) is 0 Å². The summed E-state index contributed by atoms with van der Waals surface area (Å²) in [5, 5.41) is 10.1. The molecule has 0 saturated heterocycles. The molecule has 0 amide bonds. The molecule has 4 aromatic heterocycles. The molecule has 13 aromatic rings. The fourth-order valence-electron chi connectivity index (χ4n) is 9.15. The molecule has 0 aliphatic carbocycles. The Morgan fingerprint density at radius 2 is 0.947 bits per heavy atom. The summed E-state index contributed by atoms with van der Waals surface area (Å²) in [5.74, 6) is 0.637. The molecular weight excluding hydrogens is 701 g/mol. The van der Waals surface area contributed by atoms with Crippen molar-refractivity contribution in [3.8, 4) is 44.9 Å². The number of benzene rings is 9. The largest absolute Gasteiger partial charge is 0.456 e. The monoisotopic (exact) mass is 728 g/mol. The fourth-order valence-corrected chi connectivity index (χ4v) is 9.15. The molecule has 4 heterocycles. The van der Waals surface area contributed by atoms with Crippen molar-refractivity contribution in [3.63, 3.8) is 0 Å². The van der Waals surface area contributed by atoms with Gasteiger partial charge in [-0.25, -0.2) is 9.97 Å². The summed E-state index contributed by atoms with van der Waals surface area (Å²) in [6.45, 7) is 0. The van der Waals surface area contributed by atoms with Crippen LogP contribution in [0, 0.1) is 0 Å². The molecule has 0 spiro atoms. The fraction of sp³-hybridized carbons (Fsp3) is 0. The SMILES string of the molecule is c1ccc(-c2ccc3oc4c(-c5cccc6oc7cc(-c8cccc9c%10cccc%11oc%12cccc(c89)c%12c%11%10)ccc7c56)nc(-c5ccccc5)nc4c3c2)cc1. The molecule has 57 heavy (non-hydrogen) atoms. The van der Waals surface area contributed by atoms with Crippen LogP contribution in [0.1, 0.15) is 0 Å². The number of aromatic nitrogens is 2. The van der Waals surface area contributed by atoms with Crippen molar-refractivity contribution in [1.82, 2.24) is 9.97 Å². The van der Waals surface area contributed by atoms with Gasteiger partial charge in [0.05, 0.1) is 0 Å². The highest BCUT2D eigenvalue weighted by Crippen LogP contribution is 2.47. The van der Waals surface area contributed by atoms with Crippen LogP contribution in [0.15, 0.2) is 183 Å². The first-order valence-corrected chi connectivity index (χ1v) is 19.1. The summed E-state index contributed by atoms with van der Waals surface area (Å²) in [7, 11) is 0. The molecule has 0 unspecified atom stereocenters. The zero-order chi connectivity index (χ0) is 37.2. The topological polar surface area (TPSA) is 65.2 Å². The Bertz CT molecular complexity index is 3740. The molecule has 5 heteroatoms. The molecule has 0 radical (unpaired) electrons. The van der Waals surface area contributed by atoms with Crippen LogP contribution in [-0.4, -0.2) is 9.97 Å². The zero-order valence-electron chi connectivity index (χ0n) is 30.3. The van der Waals surface area contributed by atoms with E-state index in [1.165, 1.54) is 32.3 Å². The Morgan fingerprint density at radius 1 is 0.316 bits per heavy atom. The molecule has 0 aliphatic rings. The minimum Gasteiger partial charge on any atom is -0.456 e. The van der Waals surface area contributed by atoms with Crippen molar-refractivity contribution < 1.29 is 13.3 Å². The van der Waals surface area contributed by atoms with Crippen LogP contribution in [-0.2, 0) is 0 Å². The second-order valence-electron chi connectivity index (χ2n) is 14.8. The second kappa shape index (κ2) is 11.4. The molecule has 9 aromatic carbocycles. The summed E-state index contributed by atoms with van der Waals surface area (Å²) in [4.78, 5) is 10.4. The average molecular weight is 729 g/mol. The zero-order valence-corrected chi connectivity index (χ0v) is 30.3. The van der Waals surface area contributed by atoms with E-state index < -0.39 is 0 Å². The highest BCUT2D eigenvalue weighted by molar-refractivity contribution is 6.35. The number of nitrogens with zero attached hydrogens (tertiary/aromatic N) is 2. The standard InChI is InChI=1S/C52H28N2O3/c1-3-11-29(12-4-1)31-24-26-40-39(27-31)50-51(57-40)49(53-52(54-50)30-13-5-2-6-14-30)38-19-10-20-41-46(38)36-25-23-32(28-44(36)56-41)33-15-7-16-34-35-17-8-21-42-47(35)48-37(45(33)34)18-9-22-43(48)55-42/h1-28H. The van der Waals surface area contributed by atoms with Gasteiger partial charge in [-0.15, -0.1) is 0 Å². The third-order valence-corrected chi connectivity index (χ3v) is 11.7. The molecule has 0 aliphatic heterocycles. The smallest absolute Gasteiger partial charge is 0.180 e. The van der Waals surface area contributed by atoms with Crippen LogP contribution in [0.3, 0.4) is 0 Å². The third kappa shape index (κ3) is 4.34. The van der Waals surface area contributed by atoms with E-state index in [1.54, 1.807) is 0 Å². The lowest BCUT2D eigenvalue weighted by molar-refractivity contribution is 0.667. The maximum atomic E-state index is 6.73. The Labute approximate surface area is 324 Å². The number of furan rings is 3. The lowest BCUT2D eigenvalue weighted by atomic mass is 9.89. The van der Waals surface area contributed by atoms with E-state index in [1.807, 2.05) is 42.5 Å². The van der Waals surface area contributed by atoms with Crippen LogP contribution in [0.2, 0.25) is 0 Å². The Kier molecular flexibility index (Phi) is 6.10. The molecule has 264 valence electrons. The van der Waals surface area contributed by atoms with E-state index >= 15 is 0 Å². The number of rotatable bonds is 4. The first-order chi connectivity index (χ1) is 28.2. The summed E-state index contributed by atoms with van der Waals surface area (Å²) in [6, 6.07) is 58.9. The van der Waals surface area contributed by atoms with Crippen LogP contribution >= 0.6 is 0 Å². The highest BCUT2D eigenvalue weighted by atomic mass is 16.3. The molecule has 0 bridgehead atoms. The van der Waals surface area contributed by atoms with Gasteiger partial charge in [-0.2, -0.15) is 0 Å². The molecule has 5 nitrogen and oxygen atoms in total. The lowest BCUT2D eigenvalue weighted by Gasteiger charge is -2.13. The van der Waals surface area contributed by atoms with Gasteiger partial charge in [0.25, 0.3) is 0 Å². The first-order valence-electron chi connectivity index (χ1n) is 19.1. The van der Waals surface area contributed by atoms with Crippen molar-refractivity contribution in [2.24, 2.45) is 0 Å². The van der Waals surface area contributed by atoms with Crippen LogP contribution < -0.4 is 0 Å². The van der Waals surface area contributed by atoms with Gasteiger partial charge in [0, 0.05) is 38.1 Å². The lowest BCUT2D eigenvalue weighted by Crippen LogP contribution is -1.94. The quantitative estimate of drug-likeness (QED) is 0.169. The van der Waals surface area contributed by atoms with Crippen molar-refractivity contribution in [2.75, 3.05) is 0 Å². The van der Waals surface area contributed by atoms with Gasteiger partial charge in [-0.3, -0.25) is 0 Å². The predicted octanol–water partition coefficient (Wildman–Crippen LogP) is 14.6. The van der Waals surface area contributed by atoms with Gasteiger partial charge in [0.1, 0.15) is 39.1 Å². The van der Waals surface area contributed by atoms with E-state index in [2.05, 4.69) is 127 Å². The molecule has 0 saturated carbocycles. The maximum Gasteiger partial charge on any atom is 0.180 e. The molecule has 0 atom stereocenters. The second-order valence-corrected chi connectivity index (χ2v) is 14.8. The van der Waals surface area contributed by atoms with Gasteiger partial charge in [0.15, 0.2) is 11.4 Å². The van der Waals surface area contributed by atoms with Crippen molar-refractivity contribution >= 4 is 87.5 Å². The summed E-state index contributed by atoms with van der Waals surface area (Å²) < 4.78 is 19.8. The molecular formula is C52H28N2O3. The summed E-state index contributed by atoms with van der Waals surface area (Å²) >= 11 is 0. The highest BCUT2D eigenvalue weighted by Gasteiger charge is 2.23. The Morgan fingerprint density at radius 3 is 1.75 bits per heavy atom. The van der Waals surface area contributed by atoms with Crippen molar-refractivity contribution in [3.05, 3.63) is 170 Å². The van der Waals surface area contributed by atoms with E-state index in [0.29, 0.717) is 11.4 Å². The number of hydrogen-bond donors (Lipinski definition) is 0. The maximum absolute atomic E-state index is 6.73. The normalized spacial score (nSPS) is 12.2. The third-order valence-electron chi connectivity index (χ3n) is 11.7. The van der Waals surface area contributed by atoms with E-state index in [4.69, 9.17) is 23.2 Å². The summed E-state index contributed by atoms with van der Waals surface area (Å²) in [5.41, 5.74) is 12.7. The Hall–Kier alpha value is -7.76.